The second-order valence-corrected chi connectivity index (χ2v) is 5.84. The number of benzene rings is 3. The smallest absolute Gasteiger partial charge is 0.315 e. The first-order valence-corrected chi connectivity index (χ1v) is 8.10. The van der Waals surface area contributed by atoms with Crippen LogP contribution in [0.5, 0.6) is 0 Å². The Kier molecular flexibility index (Phi) is 4.99. The molecule has 0 bridgehead atoms. The molecule has 0 saturated heterocycles. The summed E-state index contributed by atoms with van der Waals surface area (Å²) >= 11 is 0. The fraction of sp³-hybridized carbons (Fsp3) is 0.0476. The lowest BCUT2D eigenvalue weighted by atomic mass is 9.90. The summed E-state index contributed by atoms with van der Waals surface area (Å²) in [6.45, 7) is 0. The van der Waals surface area contributed by atoms with Gasteiger partial charge < -0.3 is 16.2 Å². The third kappa shape index (κ3) is 3.72. The predicted molar refractivity (Wildman–Crippen MR) is 101 cm³/mol. The van der Waals surface area contributed by atoms with Gasteiger partial charge in [-0.25, -0.2) is 0 Å². The molecule has 1 atom stereocenters. The van der Waals surface area contributed by atoms with Crippen molar-refractivity contribution in [1.82, 2.24) is 0 Å². The van der Waals surface area contributed by atoms with E-state index in [0.29, 0.717) is 22.4 Å². The van der Waals surface area contributed by atoms with Crippen LogP contribution in [0.15, 0.2) is 78.9 Å². The molecule has 5 nitrogen and oxygen atoms in total. The highest BCUT2D eigenvalue weighted by atomic mass is 16.4. The molecule has 0 aliphatic rings. The van der Waals surface area contributed by atoms with E-state index in [-0.39, 0.29) is 0 Å². The molecule has 0 fully saturated rings. The van der Waals surface area contributed by atoms with Gasteiger partial charge in [-0.05, 0) is 35.4 Å². The number of carboxylic acids is 1. The SMILES string of the molecule is NC(=O)c1ccc(C(C(=O)O)c2ccccc2)cc1Nc1ccccc1. The summed E-state index contributed by atoms with van der Waals surface area (Å²) in [5, 5.41) is 12.9. The van der Waals surface area contributed by atoms with Gasteiger partial charge in [-0.2, -0.15) is 0 Å². The minimum Gasteiger partial charge on any atom is -0.481 e. The number of primary amides is 1. The number of carbonyl (C=O) groups excluding carboxylic acids is 1. The van der Waals surface area contributed by atoms with E-state index in [4.69, 9.17) is 5.73 Å². The standard InChI is InChI=1S/C21H18N2O3/c22-20(24)17-12-11-15(13-18(17)23-16-9-5-2-6-10-16)19(21(25)26)14-7-3-1-4-8-14/h1-13,19,23H,(H2,22,24)(H,25,26). The highest BCUT2D eigenvalue weighted by Crippen LogP contribution is 2.30. The number of carbonyl (C=O) groups is 2. The highest BCUT2D eigenvalue weighted by Gasteiger charge is 2.23. The van der Waals surface area contributed by atoms with Crippen molar-refractivity contribution in [3.05, 3.63) is 95.6 Å². The highest BCUT2D eigenvalue weighted by molar-refractivity contribution is 5.99. The zero-order valence-electron chi connectivity index (χ0n) is 13.9. The molecule has 5 heteroatoms. The van der Waals surface area contributed by atoms with Crippen LogP contribution in [0.25, 0.3) is 0 Å². The number of nitrogens with two attached hydrogens (primary N) is 1. The van der Waals surface area contributed by atoms with Crippen LogP contribution in [0, 0.1) is 0 Å². The lowest BCUT2D eigenvalue weighted by molar-refractivity contribution is -0.137. The lowest BCUT2D eigenvalue weighted by Gasteiger charge is -2.17. The summed E-state index contributed by atoms with van der Waals surface area (Å²) in [7, 11) is 0. The maximum absolute atomic E-state index is 11.9. The molecule has 0 heterocycles. The van der Waals surface area contributed by atoms with Gasteiger partial charge in [0.15, 0.2) is 0 Å². The van der Waals surface area contributed by atoms with Crippen LogP contribution < -0.4 is 11.1 Å². The maximum Gasteiger partial charge on any atom is 0.315 e. The van der Waals surface area contributed by atoms with E-state index in [9.17, 15) is 14.7 Å². The number of para-hydroxylation sites is 1. The molecule has 0 aliphatic heterocycles. The molecule has 1 unspecified atom stereocenters. The molecule has 0 radical (unpaired) electrons. The maximum atomic E-state index is 11.9. The molecule has 26 heavy (non-hydrogen) atoms. The minimum absolute atomic E-state index is 0.301. The van der Waals surface area contributed by atoms with Crippen molar-refractivity contribution in [3.8, 4) is 0 Å². The Hall–Kier alpha value is -3.60. The second-order valence-electron chi connectivity index (χ2n) is 5.84. The number of anilines is 2. The Balaban J connectivity index is 2.06. The van der Waals surface area contributed by atoms with Crippen molar-refractivity contribution in [2.24, 2.45) is 5.73 Å². The van der Waals surface area contributed by atoms with Crippen LogP contribution in [0.2, 0.25) is 0 Å². The van der Waals surface area contributed by atoms with Gasteiger partial charge in [0.05, 0.1) is 11.3 Å². The summed E-state index contributed by atoms with van der Waals surface area (Å²) in [5.74, 6) is -2.38. The topological polar surface area (TPSA) is 92.4 Å². The molecule has 4 N–H and O–H groups in total. The zero-order chi connectivity index (χ0) is 18.5. The Bertz CT molecular complexity index is 925. The van der Waals surface area contributed by atoms with Crippen molar-refractivity contribution in [2.45, 2.75) is 5.92 Å². The van der Waals surface area contributed by atoms with Gasteiger partial charge in [0.2, 0.25) is 0 Å². The number of aliphatic carboxylic acids is 1. The Morgan fingerprint density at radius 1 is 0.846 bits per heavy atom. The molecule has 0 spiro atoms. The van der Waals surface area contributed by atoms with Crippen molar-refractivity contribution in [3.63, 3.8) is 0 Å². The van der Waals surface area contributed by atoms with Gasteiger partial charge in [0.1, 0.15) is 5.92 Å². The van der Waals surface area contributed by atoms with Crippen molar-refractivity contribution in [2.75, 3.05) is 5.32 Å². The first kappa shape index (κ1) is 17.2. The number of carboxylic acid groups (broad SMARTS) is 1. The van der Waals surface area contributed by atoms with Gasteiger partial charge in [-0.1, -0.05) is 54.6 Å². The molecule has 3 aromatic carbocycles. The first-order chi connectivity index (χ1) is 12.6. The van der Waals surface area contributed by atoms with Crippen LogP contribution in [-0.2, 0) is 4.79 Å². The lowest BCUT2D eigenvalue weighted by Crippen LogP contribution is -2.16. The monoisotopic (exact) mass is 346 g/mol. The van der Waals surface area contributed by atoms with E-state index in [1.54, 1.807) is 42.5 Å². The third-order valence-corrected chi connectivity index (χ3v) is 4.08. The van der Waals surface area contributed by atoms with Crippen LogP contribution in [-0.4, -0.2) is 17.0 Å². The molecular weight excluding hydrogens is 328 g/mol. The van der Waals surface area contributed by atoms with E-state index < -0.39 is 17.8 Å². The number of nitrogens with one attached hydrogen (secondary N) is 1. The van der Waals surface area contributed by atoms with Gasteiger partial charge >= 0.3 is 5.97 Å². The fourth-order valence-electron chi connectivity index (χ4n) is 2.86. The summed E-state index contributed by atoms with van der Waals surface area (Å²) < 4.78 is 0. The molecule has 3 rings (SSSR count). The van der Waals surface area contributed by atoms with Gasteiger partial charge in [-0.15, -0.1) is 0 Å². The van der Waals surface area contributed by atoms with E-state index >= 15 is 0 Å². The van der Waals surface area contributed by atoms with Crippen molar-refractivity contribution >= 4 is 23.3 Å². The van der Waals surface area contributed by atoms with Crippen LogP contribution in [0.3, 0.4) is 0 Å². The average Bonchev–Trinajstić information content (AvgIpc) is 2.63. The third-order valence-electron chi connectivity index (χ3n) is 4.08. The summed E-state index contributed by atoms with van der Waals surface area (Å²) in [6, 6.07) is 23.1. The van der Waals surface area contributed by atoms with Crippen molar-refractivity contribution in [1.29, 1.82) is 0 Å². The van der Waals surface area contributed by atoms with E-state index in [0.717, 1.165) is 5.69 Å². The zero-order valence-corrected chi connectivity index (χ0v) is 13.9. The Labute approximate surface area is 151 Å². The normalized spacial score (nSPS) is 11.5. The summed E-state index contributed by atoms with van der Waals surface area (Å²) in [5.41, 5.74) is 8.25. The molecular formula is C21H18N2O3. The molecule has 3 aromatic rings. The fourth-order valence-corrected chi connectivity index (χ4v) is 2.86. The van der Waals surface area contributed by atoms with Gasteiger partial charge in [-0.3, -0.25) is 9.59 Å². The minimum atomic E-state index is -0.964. The van der Waals surface area contributed by atoms with E-state index in [2.05, 4.69) is 5.32 Å². The van der Waals surface area contributed by atoms with Gasteiger partial charge in [0.25, 0.3) is 5.91 Å². The number of rotatable bonds is 6. The van der Waals surface area contributed by atoms with Crippen LogP contribution >= 0.6 is 0 Å². The summed E-state index contributed by atoms with van der Waals surface area (Å²) in [4.78, 5) is 23.6. The molecule has 0 saturated carbocycles. The second kappa shape index (κ2) is 7.53. The van der Waals surface area contributed by atoms with E-state index in [1.807, 2.05) is 36.4 Å². The largest absolute Gasteiger partial charge is 0.481 e. The molecule has 0 aromatic heterocycles. The molecule has 130 valence electrons. The number of hydrogen-bond acceptors (Lipinski definition) is 3. The van der Waals surface area contributed by atoms with Crippen LogP contribution in [0.4, 0.5) is 11.4 Å². The number of amides is 1. The molecule has 0 aliphatic carbocycles. The predicted octanol–water partition coefficient (Wildman–Crippen LogP) is 3.75. The average molecular weight is 346 g/mol. The van der Waals surface area contributed by atoms with E-state index in [1.165, 1.54) is 0 Å². The number of hydrogen-bond donors (Lipinski definition) is 3. The summed E-state index contributed by atoms with van der Waals surface area (Å²) in [6.07, 6.45) is 0. The van der Waals surface area contributed by atoms with Crippen LogP contribution in [0.1, 0.15) is 27.4 Å². The molecule has 1 amide bonds. The Morgan fingerprint density at radius 3 is 2.04 bits per heavy atom. The Morgan fingerprint density at radius 2 is 1.46 bits per heavy atom. The van der Waals surface area contributed by atoms with Gasteiger partial charge in [0, 0.05) is 5.69 Å². The van der Waals surface area contributed by atoms with Crippen molar-refractivity contribution < 1.29 is 14.7 Å². The quantitative estimate of drug-likeness (QED) is 0.634. The first-order valence-electron chi connectivity index (χ1n) is 8.10.